The lowest BCUT2D eigenvalue weighted by molar-refractivity contribution is -0.302. The van der Waals surface area contributed by atoms with E-state index in [1.807, 2.05) is 6.92 Å². The lowest BCUT2D eigenvalue weighted by atomic mass is 9.97. The number of phenols is 3. The predicted octanol–water partition coefficient (Wildman–Crippen LogP) is -1.67. The van der Waals surface area contributed by atoms with Crippen LogP contribution in [0.5, 0.6) is 23.0 Å². The molecule has 55 heavy (non-hydrogen) atoms. The number of aryl methyl sites for hydroxylation is 1. The van der Waals surface area contributed by atoms with Crippen LogP contribution >= 0.6 is 0 Å². The van der Waals surface area contributed by atoms with E-state index < -0.39 is 96.0 Å². The summed E-state index contributed by atoms with van der Waals surface area (Å²) < 4.78 is 27.3. The molecule has 0 spiro atoms. The van der Waals surface area contributed by atoms with Crippen LogP contribution in [0.25, 0.3) is 22.3 Å². The van der Waals surface area contributed by atoms with E-state index in [1.165, 1.54) is 12.3 Å². The van der Waals surface area contributed by atoms with Crippen LogP contribution in [0.1, 0.15) is 23.6 Å². The highest BCUT2D eigenvalue weighted by Gasteiger charge is 2.52. The van der Waals surface area contributed by atoms with Gasteiger partial charge in [0, 0.05) is 35.9 Å². The number of esters is 1. The minimum atomic E-state index is -2.23. The highest BCUT2D eigenvalue weighted by molar-refractivity contribution is 5.88. The molecule has 0 bridgehead atoms. The van der Waals surface area contributed by atoms with Gasteiger partial charge in [-0.25, -0.2) is 14.6 Å². The van der Waals surface area contributed by atoms with Crippen molar-refractivity contribution in [1.82, 2.24) is 4.98 Å². The number of phenolic OH excluding ortho intramolecular Hbond substituents is 3. The van der Waals surface area contributed by atoms with Crippen LogP contribution in [0.3, 0.4) is 0 Å². The maximum Gasteiger partial charge on any atom is 0.340 e. The van der Waals surface area contributed by atoms with E-state index in [1.54, 1.807) is 6.07 Å². The molecule has 4 heterocycles. The molecule has 20 nitrogen and oxygen atoms in total. The van der Waals surface area contributed by atoms with Crippen molar-refractivity contribution in [2.75, 3.05) is 5.73 Å². The van der Waals surface area contributed by atoms with E-state index in [9.17, 15) is 65.4 Å². The van der Waals surface area contributed by atoms with Gasteiger partial charge in [0.25, 0.3) is 0 Å². The molecule has 0 unspecified atom stereocenters. The molecule has 2 aromatic heterocycles. The molecule has 2 aromatic carbocycles. The second kappa shape index (κ2) is 15.3. The van der Waals surface area contributed by atoms with Gasteiger partial charge in [-0.3, -0.25) is 4.79 Å². The summed E-state index contributed by atoms with van der Waals surface area (Å²) in [5.41, 5.74) is 6.07. The summed E-state index contributed by atoms with van der Waals surface area (Å²) in [7, 11) is 0. The quantitative estimate of drug-likeness (QED) is 0.0669. The molecule has 2 fully saturated rings. The molecular formula is C35H36N2O18. The summed E-state index contributed by atoms with van der Waals surface area (Å²) in [5.74, 6) is -5.22. The molecule has 2 saturated heterocycles. The van der Waals surface area contributed by atoms with Crippen LogP contribution < -0.4 is 15.9 Å². The first-order chi connectivity index (χ1) is 26.0. The second-order valence-electron chi connectivity index (χ2n) is 12.9. The molecule has 294 valence electrons. The molecule has 0 aliphatic carbocycles. The molecule has 12 N–H and O–H groups in total. The van der Waals surface area contributed by atoms with Gasteiger partial charge in [-0.15, -0.1) is 0 Å². The standard InChI is InChI=1S/C35H36N2O18/c1-2-12-5-11(10-37-31(12)36)6-14-19(9-20-21(22(14)41)17(40)8-18(51-20)13-3-4-15(38)16(39)7-13)52-34-27(46)24(43)26(45)30(54-34)33(50)55-35-28(47)23(42)25(44)29(53-35)32(48)49/h3-5,7-10,23-30,34-35,38-39,41-47H,2,6H2,1H3,(H2,36,37)(H,48,49)/t23-,24-,25-,26-,27+,28+,29-,30-,34+,35-/m0/s1. The molecule has 0 saturated carbocycles. The molecule has 4 aromatic rings. The fourth-order valence-electron chi connectivity index (χ4n) is 6.17. The van der Waals surface area contributed by atoms with E-state index in [0.717, 1.165) is 24.3 Å². The van der Waals surface area contributed by atoms with Crippen LogP contribution in [0, 0.1) is 0 Å². The number of hydrogen-bond acceptors (Lipinski definition) is 19. The Balaban J connectivity index is 1.38. The number of carbonyl (C=O) groups is 2. The summed E-state index contributed by atoms with van der Waals surface area (Å²) in [5, 5.41) is 103. The average molecular weight is 773 g/mol. The van der Waals surface area contributed by atoms with Crippen LogP contribution in [0.2, 0.25) is 0 Å². The Morgan fingerprint density at radius 3 is 2.15 bits per heavy atom. The zero-order valence-electron chi connectivity index (χ0n) is 28.5. The van der Waals surface area contributed by atoms with E-state index in [2.05, 4.69) is 4.98 Å². The number of nitrogens with zero attached hydrogens (tertiary/aromatic N) is 1. The minimum absolute atomic E-state index is 0.107. The number of hydrogen-bond donors (Lipinski definition) is 11. The first-order valence-electron chi connectivity index (χ1n) is 16.6. The Hall–Kier alpha value is -5.58. The number of aromatic nitrogens is 1. The number of carbonyl (C=O) groups excluding carboxylic acids is 1. The van der Waals surface area contributed by atoms with Gasteiger partial charge in [-0.05, 0) is 35.7 Å². The minimum Gasteiger partial charge on any atom is -0.507 e. The number of nitrogens with two attached hydrogens (primary N) is 1. The number of fused-ring (bicyclic) bond motifs is 1. The molecule has 0 amide bonds. The number of carboxylic acid groups (broad SMARTS) is 1. The highest BCUT2D eigenvalue weighted by atomic mass is 16.7. The van der Waals surface area contributed by atoms with Crippen molar-refractivity contribution >= 4 is 28.7 Å². The van der Waals surface area contributed by atoms with Crippen LogP contribution in [-0.2, 0) is 36.6 Å². The van der Waals surface area contributed by atoms with Gasteiger partial charge in [0.15, 0.2) is 29.1 Å². The van der Waals surface area contributed by atoms with Crippen LogP contribution in [0.15, 0.2) is 51.8 Å². The van der Waals surface area contributed by atoms with Gasteiger partial charge in [0.2, 0.25) is 12.6 Å². The number of nitrogen functional groups attached to an aromatic ring is 1. The average Bonchev–Trinajstić information content (AvgIpc) is 3.14. The van der Waals surface area contributed by atoms with Crippen molar-refractivity contribution in [1.29, 1.82) is 0 Å². The van der Waals surface area contributed by atoms with Crippen molar-refractivity contribution in [2.24, 2.45) is 0 Å². The maximum atomic E-state index is 13.5. The SMILES string of the molecule is CCc1cc(Cc2c(O[C@@H]3O[C@H](C(=O)O[C@@H]4O[C@H](C(=O)O)[C@@H](O)[C@H](O)[C@H]4O)[C@@H](O)[C@H](O)[C@H]3O)cc3oc(-c4ccc(O)c(O)c4)cc(=O)c3c2O)cnc1N. The van der Waals surface area contributed by atoms with Crippen molar-refractivity contribution in [3.05, 3.63) is 69.5 Å². The second-order valence-corrected chi connectivity index (χ2v) is 12.9. The smallest absolute Gasteiger partial charge is 0.340 e. The number of anilines is 1. The summed E-state index contributed by atoms with van der Waals surface area (Å²) >= 11 is 0. The van der Waals surface area contributed by atoms with Gasteiger partial charge in [0.05, 0.1) is 0 Å². The molecule has 6 rings (SSSR count). The predicted molar refractivity (Wildman–Crippen MR) is 181 cm³/mol. The summed E-state index contributed by atoms with van der Waals surface area (Å²) in [6.45, 7) is 1.83. The number of benzene rings is 2. The molecule has 2 aliphatic rings. The molecule has 20 heteroatoms. The largest absolute Gasteiger partial charge is 0.507 e. The van der Waals surface area contributed by atoms with E-state index in [-0.39, 0.29) is 45.8 Å². The Labute approximate surface area is 308 Å². The number of aliphatic hydroxyl groups excluding tert-OH is 6. The zero-order valence-corrected chi connectivity index (χ0v) is 28.5. The maximum absolute atomic E-state index is 13.5. The Morgan fingerprint density at radius 1 is 0.836 bits per heavy atom. The summed E-state index contributed by atoms with van der Waals surface area (Å²) in [6.07, 6.45) is -20.0. The normalized spacial score (nSPS) is 28.1. The third-order valence-corrected chi connectivity index (χ3v) is 9.23. The Kier molecular flexibility index (Phi) is 10.9. The van der Waals surface area contributed by atoms with Gasteiger partial charge >= 0.3 is 11.9 Å². The van der Waals surface area contributed by atoms with E-state index in [4.69, 9.17) is 29.1 Å². The molecule has 10 atom stereocenters. The van der Waals surface area contributed by atoms with E-state index >= 15 is 0 Å². The molecular weight excluding hydrogens is 736 g/mol. The van der Waals surface area contributed by atoms with Gasteiger partial charge in [-0.1, -0.05) is 13.0 Å². The fourth-order valence-corrected chi connectivity index (χ4v) is 6.17. The van der Waals surface area contributed by atoms with Crippen molar-refractivity contribution < 1.29 is 84.0 Å². The Bertz CT molecular complexity index is 2180. The van der Waals surface area contributed by atoms with Gasteiger partial charge in [-0.2, -0.15) is 0 Å². The number of pyridine rings is 1. The topological polar surface area (TPSA) is 342 Å². The monoisotopic (exact) mass is 772 g/mol. The summed E-state index contributed by atoms with van der Waals surface area (Å²) in [4.78, 5) is 42.4. The van der Waals surface area contributed by atoms with Gasteiger partial charge in [0.1, 0.15) is 70.7 Å². The molecule has 0 radical (unpaired) electrons. The number of ether oxygens (including phenoxy) is 4. The van der Waals surface area contributed by atoms with Gasteiger partial charge < -0.3 is 80.2 Å². The van der Waals surface area contributed by atoms with E-state index in [0.29, 0.717) is 17.5 Å². The molecule has 2 aliphatic heterocycles. The highest BCUT2D eigenvalue weighted by Crippen LogP contribution is 2.40. The number of aliphatic carboxylic acids is 1. The number of aromatic hydroxyl groups is 3. The van der Waals surface area contributed by atoms with Crippen LogP contribution in [-0.4, -0.2) is 129 Å². The van der Waals surface area contributed by atoms with Crippen LogP contribution in [0.4, 0.5) is 5.82 Å². The number of carboxylic acids is 1. The number of rotatable bonds is 9. The lowest BCUT2D eigenvalue weighted by Gasteiger charge is -2.41. The zero-order chi connectivity index (χ0) is 40.0. The van der Waals surface area contributed by atoms with Crippen molar-refractivity contribution in [3.63, 3.8) is 0 Å². The first-order valence-corrected chi connectivity index (χ1v) is 16.6. The van der Waals surface area contributed by atoms with Crippen molar-refractivity contribution in [3.8, 4) is 34.3 Å². The third-order valence-electron chi connectivity index (χ3n) is 9.23. The first kappa shape index (κ1) is 39.1. The fraction of sp³-hybridized carbons (Fsp3) is 0.371. The Morgan fingerprint density at radius 2 is 1.49 bits per heavy atom. The number of aliphatic hydroxyl groups is 6. The summed E-state index contributed by atoms with van der Waals surface area (Å²) in [6, 6.07) is 7.45. The van der Waals surface area contributed by atoms with Crippen molar-refractivity contribution in [2.45, 2.75) is 81.2 Å². The lowest BCUT2D eigenvalue weighted by Crippen LogP contribution is -2.63. The third kappa shape index (κ3) is 7.44.